The second kappa shape index (κ2) is 8.69. The predicted octanol–water partition coefficient (Wildman–Crippen LogP) is 0.552. The van der Waals surface area contributed by atoms with E-state index in [1.54, 1.807) is 0 Å². The molecule has 12 heteroatoms. The standard InChI is InChI=1S/C17H20N4O6S2/c1-12(22)19-13-6-8-15(9-7-13)29(26,27)21(2)11-17(23)20-14-4-3-5-16(10-14)28(18,24)25/h3-10H,11H2,1-2H3,(H,19,22)(H,20,23)(H2,18,24,25). The van der Waals surface area contributed by atoms with Crippen molar-refractivity contribution in [1.29, 1.82) is 0 Å². The molecule has 0 aromatic heterocycles. The minimum absolute atomic E-state index is 0.0573. The summed E-state index contributed by atoms with van der Waals surface area (Å²) < 4.78 is 48.8. The molecule has 0 aliphatic rings. The van der Waals surface area contributed by atoms with Crippen LogP contribution in [0, 0.1) is 0 Å². The lowest BCUT2D eigenvalue weighted by Crippen LogP contribution is -2.35. The quantitative estimate of drug-likeness (QED) is 0.571. The van der Waals surface area contributed by atoms with E-state index in [1.807, 2.05) is 0 Å². The van der Waals surface area contributed by atoms with Gasteiger partial charge in [0.2, 0.25) is 31.9 Å². The number of sulfonamides is 2. The van der Waals surface area contributed by atoms with Gasteiger partial charge < -0.3 is 10.6 Å². The third kappa shape index (κ3) is 6.09. The van der Waals surface area contributed by atoms with Crippen LogP contribution in [0.25, 0.3) is 0 Å². The summed E-state index contributed by atoms with van der Waals surface area (Å²) in [6, 6.07) is 10.8. The minimum atomic E-state index is -3.96. The number of benzene rings is 2. The molecule has 0 aliphatic carbocycles. The third-order valence-electron chi connectivity index (χ3n) is 3.70. The van der Waals surface area contributed by atoms with Gasteiger partial charge >= 0.3 is 0 Å². The van der Waals surface area contributed by atoms with E-state index in [0.717, 1.165) is 4.31 Å². The van der Waals surface area contributed by atoms with E-state index in [4.69, 9.17) is 5.14 Å². The molecule has 2 aromatic rings. The average Bonchev–Trinajstić information content (AvgIpc) is 2.61. The van der Waals surface area contributed by atoms with Crippen molar-refractivity contribution < 1.29 is 26.4 Å². The number of nitrogens with two attached hydrogens (primary N) is 1. The molecule has 0 heterocycles. The van der Waals surface area contributed by atoms with Crippen LogP contribution in [0.3, 0.4) is 0 Å². The van der Waals surface area contributed by atoms with E-state index in [2.05, 4.69) is 10.6 Å². The molecular weight excluding hydrogens is 420 g/mol. The van der Waals surface area contributed by atoms with Crippen molar-refractivity contribution in [2.75, 3.05) is 24.2 Å². The molecule has 0 saturated heterocycles. The number of nitrogens with zero attached hydrogens (tertiary/aromatic N) is 1. The van der Waals surface area contributed by atoms with Gasteiger partial charge in [0, 0.05) is 25.3 Å². The fourth-order valence-corrected chi connectivity index (χ4v) is 4.02. The maximum atomic E-state index is 12.6. The zero-order valence-corrected chi connectivity index (χ0v) is 17.2. The largest absolute Gasteiger partial charge is 0.326 e. The zero-order valence-electron chi connectivity index (χ0n) is 15.6. The number of nitrogens with one attached hydrogen (secondary N) is 2. The van der Waals surface area contributed by atoms with Crippen LogP contribution >= 0.6 is 0 Å². The van der Waals surface area contributed by atoms with Crippen LogP contribution < -0.4 is 15.8 Å². The topological polar surface area (TPSA) is 156 Å². The van der Waals surface area contributed by atoms with E-state index >= 15 is 0 Å². The number of rotatable bonds is 7. The Morgan fingerprint density at radius 1 is 0.931 bits per heavy atom. The molecule has 0 radical (unpaired) electrons. The van der Waals surface area contributed by atoms with Gasteiger partial charge in [0.15, 0.2) is 0 Å². The van der Waals surface area contributed by atoms with Gasteiger partial charge in [-0.3, -0.25) is 9.59 Å². The van der Waals surface area contributed by atoms with Crippen LogP contribution in [0.2, 0.25) is 0 Å². The molecule has 29 heavy (non-hydrogen) atoms. The van der Waals surface area contributed by atoms with Crippen LogP contribution in [-0.4, -0.2) is 46.5 Å². The lowest BCUT2D eigenvalue weighted by molar-refractivity contribution is -0.116. The van der Waals surface area contributed by atoms with Gasteiger partial charge in [-0.15, -0.1) is 0 Å². The molecule has 0 atom stereocenters. The number of carbonyl (C=O) groups is 2. The smallest absolute Gasteiger partial charge is 0.243 e. The number of likely N-dealkylation sites (N-methyl/N-ethyl adjacent to an activating group) is 1. The molecule has 156 valence electrons. The third-order valence-corrected chi connectivity index (χ3v) is 6.42. The highest BCUT2D eigenvalue weighted by Gasteiger charge is 2.23. The molecule has 10 nitrogen and oxygen atoms in total. The van der Waals surface area contributed by atoms with Crippen LogP contribution in [0.4, 0.5) is 11.4 Å². The fraction of sp³-hybridized carbons (Fsp3) is 0.176. The first-order valence-corrected chi connectivity index (χ1v) is 11.1. The highest BCUT2D eigenvalue weighted by Crippen LogP contribution is 2.18. The zero-order chi connectivity index (χ0) is 21.8. The molecule has 4 N–H and O–H groups in total. The summed E-state index contributed by atoms with van der Waals surface area (Å²) >= 11 is 0. The summed E-state index contributed by atoms with van der Waals surface area (Å²) in [5, 5.41) is 10.00. The molecule has 2 amide bonds. The Morgan fingerprint density at radius 3 is 2.10 bits per heavy atom. The van der Waals surface area contributed by atoms with Crippen LogP contribution in [0.1, 0.15) is 6.92 Å². The molecule has 0 fully saturated rings. The lowest BCUT2D eigenvalue weighted by atomic mass is 10.3. The van der Waals surface area contributed by atoms with Crippen LogP contribution in [-0.2, 0) is 29.6 Å². The summed E-state index contributed by atoms with van der Waals surface area (Å²) in [4.78, 5) is 23.0. The van der Waals surface area contributed by atoms with Gasteiger partial charge in [0.25, 0.3) is 0 Å². The molecule has 0 aliphatic heterocycles. The first-order valence-electron chi connectivity index (χ1n) is 8.16. The van der Waals surface area contributed by atoms with E-state index in [1.165, 1.54) is 62.5 Å². The Labute approximate surface area is 168 Å². The van der Waals surface area contributed by atoms with Crippen molar-refractivity contribution in [3.05, 3.63) is 48.5 Å². The number of anilines is 2. The normalized spacial score (nSPS) is 11.9. The maximum Gasteiger partial charge on any atom is 0.243 e. The number of hydrogen-bond acceptors (Lipinski definition) is 6. The van der Waals surface area contributed by atoms with Crippen molar-refractivity contribution in [1.82, 2.24) is 4.31 Å². The lowest BCUT2D eigenvalue weighted by Gasteiger charge is -2.17. The molecule has 2 aromatic carbocycles. The summed E-state index contributed by atoms with van der Waals surface area (Å²) in [5.41, 5.74) is 0.596. The van der Waals surface area contributed by atoms with Gasteiger partial charge in [-0.05, 0) is 42.5 Å². The number of primary sulfonamides is 1. The van der Waals surface area contributed by atoms with Gasteiger partial charge in [-0.1, -0.05) is 6.07 Å². The van der Waals surface area contributed by atoms with Gasteiger partial charge in [-0.2, -0.15) is 4.31 Å². The van der Waals surface area contributed by atoms with E-state index in [0.29, 0.717) is 5.69 Å². The van der Waals surface area contributed by atoms with Crippen molar-refractivity contribution >= 4 is 43.2 Å². The number of hydrogen-bond donors (Lipinski definition) is 3. The van der Waals surface area contributed by atoms with Crippen molar-refractivity contribution in [2.45, 2.75) is 16.7 Å². The Morgan fingerprint density at radius 2 is 1.55 bits per heavy atom. The average molecular weight is 441 g/mol. The highest BCUT2D eigenvalue weighted by atomic mass is 32.2. The highest BCUT2D eigenvalue weighted by molar-refractivity contribution is 7.89. The van der Waals surface area contributed by atoms with Gasteiger partial charge in [0.1, 0.15) is 0 Å². The molecule has 0 saturated carbocycles. The predicted molar refractivity (Wildman–Crippen MR) is 107 cm³/mol. The fourth-order valence-electron chi connectivity index (χ4n) is 2.33. The first-order chi connectivity index (χ1) is 13.4. The van der Waals surface area contributed by atoms with Crippen LogP contribution in [0.15, 0.2) is 58.3 Å². The molecule has 2 rings (SSSR count). The molecule has 0 unspecified atom stereocenters. The van der Waals surface area contributed by atoms with E-state index in [9.17, 15) is 26.4 Å². The maximum absolute atomic E-state index is 12.6. The Balaban J connectivity index is 2.09. The number of amides is 2. The molecular formula is C17H20N4O6S2. The van der Waals surface area contributed by atoms with Crippen molar-refractivity contribution in [3.8, 4) is 0 Å². The summed E-state index contributed by atoms with van der Waals surface area (Å²) in [6.07, 6.45) is 0. The Hall–Kier alpha value is -2.80. The van der Waals surface area contributed by atoms with Crippen molar-refractivity contribution in [3.63, 3.8) is 0 Å². The van der Waals surface area contributed by atoms with Gasteiger partial charge in [-0.25, -0.2) is 22.0 Å². The molecule has 0 spiro atoms. The minimum Gasteiger partial charge on any atom is -0.326 e. The van der Waals surface area contributed by atoms with E-state index in [-0.39, 0.29) is 21.4 Å². The Kier molecular flexibility index (Phi) is 6.74. The summed E-state index contributed by atoms with van der Waals surface area (Å²) in [7, 11) is -6.66. The summed E-state index contributed by atoms with van der Waals surface area (Å²) in [5.74, 6) is -0.960. The van der Waals surface area contributed by atoms with Gasteiger partial charge in [0.05, 0.1) is 16.3 Å². The first kappa shape index (κ1) is 22.5. The SMILES string of the molecule is CC(=O)Nc1ccc(S(=O)(=O)N(C)CC(=O)Nc2cccc(S(N)(=O)=O)c2)cc1. The summed E-state index contributed by atoms with van der Waals surface area (Å²) in [6.45, 7) is 0.824. The Bertz CT molecular complexity index is 1130. The van der Waals surface area contributed by atoms with Crippen molar-refractivity contribution in [2.24, 2.45) is 5.14 Å². The van der Waals surface area contributed by atoms with Crippen LogP contribution in [0.5, 0.6) is 0 Å². The van der Waals surface area contributed by atoms with E-state index < -0.39 is 32.5 Å². The number of carbonyl (C=O) groups excluding carboxylic acids is 2. The second-order valence-corrected chi connectivity index (χ2v) is 9.69. The second-order valence-electron chi connectivity index (χ2n) is 6.09. The monoisotopic (exact) mass is 440 g/mol. The molecule has 0 bridgehead atoms.